The molecule has 0 amide bonds. The Kier molecular flexibility index (Phi) is 30.7. The summed E-state index contributed by atoms with van der Waals surface area (Å²) in [5, 5.41) is 0. The molecule has 0 aromatic heterocycles. The maximum Gasteiger partial charge on any atom is 0.119 e. The largest absolute Gasteiger partial charge is 0.497 e. The van der Waals surface area contributed by atoms with Gasteiger partial charge in [0, 0.05) is 102 Å². The van der Waals surface area contributed by atoms with Crippen LogP contribution in [0, 0.1) is 82.1 Å². The molecule has 8 heteroatoms. The quantitative estimate of drug-likeness (QED) is 0.0413. The standard InChI is InChI=1S/C71H69N3O.C64H57N3O/c1-51-12-30-62(31-13-51)72(63-32-14-52(2)15-33-63)64-36-22-57(23-37-64)18-19-58-24-38-65(39-25-58)73(68-44-46-71(47-45-68)75-50-61-10-8-7-9-11-61)66-40-26-59(27-41-66)20-21-60-28-42-67(43-29-60)74(69-34-16-53(3)55(5)48-69)70-35-17-54(4)56(6)49-70;1-46-7-27-55(28-8-46)65(56-29-9-47(2)10-30-56)59-35-19-51(20-36-59)15-17-53-23-39-61(40-24-53)67(64-44-43-63(68-6)45-50(64)5)62-41-25-54(26-42-62)18-16-52-21-37-60(38-22-52)66(57-31-11-48(3)12-32-57)58-33-13-49(4)14-34-58/h12-49,61H,7-11,50H2,1-6H3;7-45H,1-6H3/b19-18+,21-20+;17-15+,18-16+. The van der Waals surface area contributed by atoms with E-state index in [2.05, 4.69) is 567 Å². The van der Waals surface area contributed by atoms with Crippen molar-refractivity contribution in [3.05, 3.63) is 524 Å². The number of benzene rings is 18. The van der Waals surface area contributed by atoms with Crippen LogP contribution in [0.5, 0.6) is 11.5 Å². The second-order valence-electron chi connectivity index (χ2n) is 38.1. The number of anilines is 18. The van der Waals surface area contributed by atoms with Gasteiger partial charge in [-0.05, 0) is 404 Å². The third kappa shape index (κ3) is 24.4. The molecule has 1 saturated carbocycles. The van der Waals surface area contributed by atoms with Crippen molar-refractivity contribution in [3.63, 3.8) is 0 Å². The Hall–Kier alpha value is -16.7. The van der Waals surface area contributed by atoms with Crippen LogP contribution in [-0.2, 0) is 0 Å². The average molecular weight is 1860 g/mol. The van der Waals surface area contributed by atoms with Crippen molar-refractivity contribution in [2.45, 2.75) is 108 Å². The second-order valence-corrected chi connectivity index (χ2v) is 38.1. The summed E-state index contributed by atoms with van der Waals surface area (Å²) in [7, 11) is 1.71. The van der Waals surface area contributed by atoms with E-state index >= 15 is 0 Å². The number of nitrogens with zero attached hydrogens (tertiary/aromatic N) is 6. The molecule has 0 saturated heterocycles. The fraction of sp³-hybridized carbons (Fsp3) is 0.141. The molecule has 1 aliphatic rings. The molecule has 708 valence electrons. The molecular formula is C135H126N6O2. The lowest BCUT2D eigenvalue weighted by Crippen LogP contribution is -2.15. The number of aryl methyl sites for hydroxylation is 11. The molecule has 1 fully saturated rings. The predicted molar refractivity (Wildman–Crippen MR) is 613 cm³/mol. The molecule has 8 nitrogen and oxygen atoms in total. The highest BCUT2D eigenvalue weighted by molar-refractivity contribution is 5.88. The van der Waals surface area contributed by atoms with Crippen LogP contribution in [0.4, 0.5) is 102 Å². The Morgan fingerprint density at radius 1 is 0.189 bits per heavy atom. The van der Waals surface area contributed by atoms with E-state index in [1.165, 1.54) is 87.7 Å². The van der Waals surface area contributed by atoms with Gasteiger partial charge in [0.2, 0.25) is 0 Å². The zero-order chi connectivity index (χ0) is 98.7. The van der Waals surface area contributed by atoms with E-state index in [0.717, 1.165) is 171 Å². The summed E-state index contributed by atoms with van der Waals surface area (Å²) >= 11 is 0. The summed E-state index contributed by atoms with van der Waals surface area (Å²) in [6, 6.07) is 151. The van der Waals surface area contributed by atoms with Crippen LogP contribution in [0.25, 0.3) is 48.6 Å². The number of ether oxygens (including phenoxy) is 2. The van der Waals surface area contributed by atoms with Gasteiger partial charge in [-0.2, -0.15) is 0 Å². The third-order valence-electron chi connectivity index (χ3n) is 27.3. The summed E-state index contributed by atoms with van der Waals surface area (Å²) < 4.78 is 11.9. The number of rotatable bonds is 30. The first-order chi connectivity index (χ1) is 69.8. The predicted octanol–water partition coefficient (Wildman–Crippen LogP) is 38.2. The van der Waals surface area contributed by atoms with Crippen LogP contribution < -0.4 is 38.9 Å². The Balaban J connectivity index is 0.000000189. The van der Waals surface area contributed by atoms with Gasteiger partial charge in [-0.3, -0.25) is 0 Å². The first-order valence-corrected chi connectivity index (χ1v) is 50.0. The van der Waals surface area contributed by atoms with Crippen LogP contribution in [0.1, 0.15) is 138 Å². The topological polar surface area (TPSA) is 37.9 Å². The van der Waals surface area contributed by atoms with Gasteiger partial charge >= 0.3 is 0 Å². The minimum atomic E-state index is 0.652. The Morgan fingerprint density at radius 3 is 0.601 bits per heavy atom. The fourth-order valence-electron chi connectivity index (χ4n) is 18.5. The molecule has 0 spiro atoms. The summed E-state index contributed by atoms with van der Waals surface area (Å²) in [4.78, 5) is 13.9. The maximum absolute atomic E-state index is 6.35. The normalized spacial score (nSPS) is 12.1. The molecule has 0 atom stereocenters. The van der Waals surface area contributed by atoms with Gasteiger partial charge in [0.1, 0.15) is 11.5 Å². The minimum Gasteiger partial charge on any atom is -0.497 e. The highest BCUT2D eigenvalue weighted by Gasteiger charge is 2.23. The van der Waals surface area contributed by atoms with E-state index < -0.39 is 0 Å². The van der Waals surface area contributed by atoms with E-state index in [9.17, 15) is 0 Å². The van der Waals surface area contributed by atoms with Gasteiger partial charge in [-0.15, -0.1) is 0 Å². The molecule has 0 unspecified atom stereocenters. The van der Waals surface area contributed by atoms with E-state index in [-0.39, 0.29) is 0 Å². The first kappa shape index (κ1) is 96.6. The maximum atomic E-state index is 6.35. The Labute approximate surface area is 847 Å². The lowest BCUT2D eigenvalue weighted by molar-refractivity contribution is 0.209. The van der Waals surface area contributed by atoms with Crippen LogP contribution in [0.15, 0.2) is 419 Å². The zero-order valence-corrected chi connectivity index (χ0v) is 84.3. The zero-order valence-electron chi connectivity index (χ0n) is 84.3. The summed E-state index contributed by atoms with van der Waals surface area (Å²) in [6.45, 7) is 24.4. The van der Waals surface area contributed by atoms with Crippen LogP contribution in [-0.4, -0.2) is 13.7 Å². The average Bonchev–Trinajstić information content (AvgIpc) is 0.803. The lowest BCUT2D eigenvalue weighted by Gasteiger charge is -2.27. The van der Waals surface area contributed by atoms with Gasteiger partial charge in [0.25, 0.3) is 0 Å². The molecule has 18 aromatic carbocycles. The van der Waals surface area contributed by atoms with Crippen LogP contribution in [0.2, 0.25) is 0 Å². The SMILES string of the molecule is COc1ccc(N(c2ccc(/C=C/c3ccc(N(c4ccc(C)cc4)c4ccc(C)cc4)cc3)cc2)c2ccc(/C=C/c3ccc(N(c4ccc(C)cc4)c4ccc(C)cc4)cc3)cc2)c(C)c1.Cc1ccc(N(c2ccc(C)cc2)c2ccc(/C=C/c3ccc(N(c4ccc(/C=C/c5ccc(N(c6ccc(C)c(C)c6)c6ccc(C)c(C)c6)cc5)cc4)c4ccc(OCC5CCCCC5)cc4)cc3)cc2)cc1. The van der Waals surface area contributed by atoms with Crippen molar-refractivity contribution in [1.29, 1.82) is 0 Å². The van der Waals surface area contributed by atoms with E-state index in [1.807, 2.05) is 6.07 Å². The molecule has 18 aromatic rings. The number of methoxy groups -OCH3 is 1. The van der Waals surface area contributed by atoms with Crippen molar-refractivity contribution >= 4 is 151 Å². The van der Waals surface area contributed by atoms with E-state index in [1.54, 1.807) is 7.11 Å². The van der Waals surface area contributed by atoms with Crippen molar-refractivity contribution in [2.75, 3.05) is 43.1 Å². The molecule has 0 N–H and O–H groups in total. The molecule has 0 bridgehead atoms. The summed E-state index contributed by atoms with van der Waals surface area (Å²) in [5.41, 5.74) is 42.8. The highest BCUT2D eigenvalue weighted by atomic mass is 16.5. The van der Waals surface area contributed by atoms with Gasteiger partial charge in [0.15, 0.2) is 0 Å². The van der Waals surface area contributed by atoms with Crippen LogP contribution in [0.3, 0.4) is 0 Å². The van der Waals surface area contributed by atoms with Gasteiger partial charge in [-0.1, -0.05) is 283 Å². The first-order valence-electron chi connectivity index (χ1n) is 50.0. The summed E-state index contributed by atoms with van der Waals surface area (Å²) in [5.74, 6) is 2.41. The monoisotopic (exact) mass is 1860 g/mol. The number of hydrogen-bond acceptors (Lipinski definition) is 8. The van der Waals surface area contributed by atoms with Gasteiger partial charge in [0.05, 0.1) is 13.7 Å². The van der Waals surface area contributed by atoms with Crippen molar-refractivity contribution < 1.29 is 9.47 Å². The van der Waals surface area contributed by atoms with Crippen molar-refractivity contribution in [3.8, 4) is 11.5 Å². The minimum absolute atomic E-state index is 0.652. The molecule has 143 heavy (non-hydrogen) atoms. The molecule has 0 radical (unpaired) electrons. The lowest BCUT2D eigenvalue weighted by atomic mass is 9.90. The van der Waals surface area contributed by atoms with Crippen molar-refractivity contribution in [2.24, 2.45) is 5.92 Å². The smallest absolute Gasteiger partial charge is 0.119 e. The van der Waals surface area contributed by atoms with Gasteiger partial charge < -0.3 is 38.9 Å². The Morgan fingerprint density at radius 2 is 0.385 bits per heavy atom. The van der Waals surface area contributed by atoms with Crippen LogP contribution >= 0.6 is 0 Å². The molecular weight excluding hydrogens is 1740 g/mol. The molecule has 0 heterocycles. The van der Waals surface area contributed by atoms with E-state index in [0.29, 0.717) is 5.92 Å². The fourth-order valence-corrected chi connectivity index (χ4v) is 18.5. The van der Waals surface area contributed by atoms with E-state index in [4.69, 9.17) is 9.47 Å². The molecule has 0 aliphatic heterocycles. The third-order valence-corrected chi connectivity index (χ3v) is 27.3. The highest BCUT2D eigenvalue weighted by Crippen LogP contribution is 2.45. The Bertz CT molecular complexity index is 7020. The number of hydrogen-bond donors (Lipinski definition) is 0. The molecule has 1 aliphatic carbocycles. The second kappa shape index (κ2) is 45.5. The molecule has 19 rings (SSSR count). The van der Waals surface area contributed by atoms with Crippen molar-refractivity contribution in [1.82, 2.24) is 0 Å². The summed E-state index contributed by atoms with van der Waals surface area (Å²) in [6.07, 6.45) is 24.0. The van der Waals surface area contributed by atoms with Gasteiger partial charge in [-0.25, -0.2) is 0 Å².